The Kier molecular flexibility index (Phi) is 5.16. The zero-order valence-electron chi connectivity index (χ0n) is 12.0. The van der Waals surface area contributed by atoms with Gasteiger partial charge in [0.25, 0.3) is 0 Å². The van der Waals surface area contributed by atoms with Crippen molar-refractivity contribution in [2.45, 2.75) is 45.4 Å². The fourth-order valence-corrected chi connectivity index (χ4v) is 2.47. The summed E-state index contributed by atoms with van der Waals surface area (Å²) in [6.45, 7) is 2.79. The van der Waals surface area contributed by atoms with Gasteiger partial charge in [-0.25, -0.2) is 9.78 Å². The molecule has 4 heteroatoms. The molecule has 20 heavy (non-hydrogen) atoms. The Morgan fingerprint density at radius 1 is 1.40 bits per heavy atom. The molecule has 0 aromatic carbocycles. The third-order valence-electron chi connectivity index (χ3n) is 3.62. The maximum absolute atomic E-state index is 11.1. The molecular weight excluding hydrogens is 252 g/mol. The van der Waals surface area contributed by atoms with Crippen LogP contribution in [0.3, 0.4) is 0 Å². The van der Waals surface area contributed by atoms with Crippen molar-refractivity contribution in [3.8, 4) is 0 Å². The van der Waals surface area contributed by atoms with E-state index in [1.807, 2.05) is 6.92 Å². The predicted molar refractivity (Wildman–Crippen MR) is 80.2 cm³/mol. The summed E-state index contributed by atoms with van der Waals surface area (Å²) in [5, 5.41) is 12.3. The number of pyridine rings is 1. The van der Waals surface area contributed by atoms with Gasteiger partial charge >= 0.3 is 5.97 Å². The Morgan fingerprint density at radius 2 is 2.25 bits per heavy atom. The van der Waals surface area contributed by atoms with Crippen LogP contribution in [0.25, 0.3) is 0 Å². The fourth-order valence-electron chi connectivity index (χ4n) is 2.47. The number of carboxylic acid groups (broad SMARTS) is 1. The number of aromatic carboxylic acids is 1. The molecule has 0 spiro atoms. The van der Waals surface area contributed by atoms with Crippen molar-refractivity contribution in [3.63, 3.8) is 0 Å². The van der Waals surface area contributed by atoms with Crippen LogP contribution >= 0.6 is 0 Å². The number of nitrogens with zero attached hydrogens (tertiary/aromatic N) is 1. The first-order valence-electron chi connectivity index (χ1n) is 7.35. The number of aromatic nitrogens is 1. The van der Waals surface area contributed by atoms with Crippen LogP contribution in [-0.2, 0) is 6.42 Å². The molecule has 108 valence electrons. The molecule has 0 saturated carbocycles. The fraction of sp³-hybridized carbons (Fsp3) is 0.500. The Hall–Kier alpha value is -1.84. The molecule has 1 heterocycles. The minimum Gasteiger partial charge on any atom is -0.478 e. The van der Waals surface area contributed by atoms with E-state index in [1.54, 1.807) is 12.1 Å². The zero-order valence-corrected chi connectivity index (χ0v) is 12.0. The standard InChI is InChI=1S/C16H22N2O2/c1-2-14-10-13(16(19)20)11-15(18-14)17-9-8-12-6-4-3-5-7-12/h6,10-11H,2-5,7-9H2,1H3,(H,17,18)(H,19,20). The highest BCUT2D eigenvalue weighted by Gasteiger charge is 2.08. The molecule has 0 radical (unpaired) electrons. The Balaban J connectivity index is 1.96. The molecule has 2 rings (SSSR count). The number of hydrogen-bond acceptors (Lipinski definition) is 3. The minimum absolute atomic E-state index is 0.302. The smallest absolute Gasteiger partial charge is 0.335 e. The molecular formula is C16H22N2O2. The molecule has 1 aromatic heterocycles. The maximum atomic E-state index is 11.1. The van der Waals surface area contributed by atoms with Gasteiger partial charge < -0.3 is 10.4 Å². The summed E-state index contributed by atoms with van der Waals surface area (Å²) in [6, 6.07) is 3.24. The van der Waals surface area contributed by atoms with Gasteiger partial charge in [0, 0.05) is 12.2 Å². The normalized spacial score (nSPS) is 14.8. The molecule has 0 atom stereocenters. The first kappa shape index (κ1) is 14.6. The maximum Gasteiger partial charge on any atom is 0.335 e. The van der Waals surface area contributed by atoms with Crippen molar-refractivity contribution in [2.24, 2.45) is 0 Å². The number of allylic oxidation sites excluding steroid dienone is 1. The predicted octanol–water partition coefficient (Wildman–Crippen LogP) is 3.64. The van der Waals surface area contributed by atoms with E-state index >= 15 is 0 Å². The van der Waals surface area contributed by atoms with E-state index < -0.39 is 5.97 Å². The third-order valence-corrected chi connectivity index (χ3v) is 3.62. The van der Waals surface area contributed by atoms with Crippen molar-refractivity contribution in [1.29, 1.82) is 0 Å². The van der Waals surface area contributed by atoms with Gasteiger partial charge in [-0.1, -0.05) is 18.6 Å². The third kappa shape index (κ3) is 4.08. The first-order chi connectivity index (χ1) is 9.69. The highest BCUT2D eigenvalue weighted by Crippen LogP contribution is 2.20. The summed E-state index contributed by atoms with van der Waals surface area (Å²) in [6.07, 6.45) is 9.08. The van der Waals surface area contributed by atoms with Crippen LogP contribution in [0.2, 0.25) is 0 Å². The van der Waals surface area contributed by atoms with Crippen molar-refractivity contribution in [2.75, 3.05) is 11.9 Å². The Labute approximate surface area is 119 Å². The van der Waals surface area contributed by atoms with Crippen LogP contribution in [0.15, 0.2) is 23.8 Å². The summed E-state index contributed by atoms with van der Waals surface area (Å²) in [4.78, 5) is 15.5. The lowest BCUT2D eigenvalue weighted by molar-refractivity contribution is 0.0696. The number of rotatable bonds is 6. The van der Waals surface area contributed by atoms with E-state index in [4.69, 9.17) is 5.11 Å². The minimum atomic E-state index is -0.903. The van der Waals surface area contributed by atoms with Crippen LogP contribution in [-0.4, -0.2) is 22.6 Å². The van der Waals surface area contributed by atoms with Crippen LogP contribution in [0.5, 0.6) is 0 Å². The lowest BCUT2D eigenvalue weighted by Gasteiger charge is -2.13. The summed E-state index contributed by atoms with van der Waals surface area (Å²) in [5.41, 5.74) is 2.62. The molecule has 0 bridgehead atoms. The van der Waals surface area contributed by atoms with Gasteiger partial charge in [0.2, 0.25) is 0 Å². The van der Waals surface area contributed by atoms with E-state index in [2.05, 4.69) is 16.4 Å². The van der Waals surface area contributed by atoms with Crippen LogP contribution in [0.4, 0.5) is 5.82 Å². The quantitative estimate of drug-likeness (QED) is 0.777. The van der Waals surface area contributed by atoms with Gasteiger partial charge in [0.1, 0.15) is 5.82 Å². The average molecular weight is 274 g/mol. The number of carboxylic acids is 1. The van der Waals surface area contributed by atoms with E-state index in [9.17, 15) is 4.79 Å². The highest BCUT2D eigenvalue weighted by atomic mass is 16.4. The highest BCUT2D eigenvalue weighted by molar-refractivity contribution is 5.88. The number of anilines is 1. The zero-order chi connectivity index (χ0) is 14.4. The molecule has 0 aliphatic heterocycles. The van der Waals surface area contributed by atoms with Crippen molar-refractivity contribution in [3.05, 3.63) is 35.0 Å². The molecule has 1 aliphatic rings. The second-order valence-corrected chi connectivity index (χ2v) is 5.18. The molecule has 2 N–H and O–H groups in total. The van der Waals surface area contributed by atoms with Gasteiger partial charge in [0.15, 0.2) is 0 Å². The molecule has 0 unspecified atom stereocenters. The summed E-state index contributed by atoms with van der Waals surface area (Å²) in [5.74, 6) is -0.238. The summed E-state index contributed by atoms with van der Waals surface area (Å²) >= 11 is 0. The Morgan fingerprint density at radius 3 is 2.90 bits per heavy atom. The second kappa shape index (κ2) is 7.08. The van der Waals surface area contributed by atoms with E-state index in [0.717, 1.165) is 25.1 Å². The monoisotopic (exact) mass is 274 g/mol. The van der Waals surface area contributed by atoms with Gasteiger partial charge in [-0.3, -0.25) is 0 Å². The van der Waals surface area contributed by atoms with E-state index in [1.165, 1.54) is 31.3 Å². The van der Waals surface area contributed by atoms with Crippen molar-refractivity contribution < 1.29 is 9.90 Å². The van der Waals surface area contributed by atoms with Gasteiger partial charge in [-0.15, -0.1) is 0 Å². The van der Waals surface area contributed by atoms with Crippen LogP contribution in [0, 0.1) is 0 Å². The topological polar surface area (TPSA) is 62.2 Å². The number of carbonyl (C=O) groups is 1. The molecule has 1 aromatic rings. The number of nitrogens with one attached hydrogen (secondary N) is 1. The molecule has 4 nitrogen and oxygen atoms in total. The number of hydrogen-bond donors (Lipinski definition) is 2. The summed E-state index contributed by atoms with van der Waals surface area (Å²) < 4.78 is 0. The van der Waals surface area contributed by atoms with Crippen molar-refractivity contribution >= 4 is 11.8 Å². The number of aryl methyl sites for hydroxylation is 1. The van der Waals surface area contributed by atoms with Gasteiger partial charge in [-0.05, 0) is 50.7 Å². The lowest BCUT2D eigenvalue weighted by atomic mass is 9.97. The van der Waals surface area contributed by atoms with Crippen LogP contribution in [0.1, 0.15) is 55.1 Å². The van der Waals surface area contributed by atoms with E-state index in [-0.39, 0.29) is 0 Å². The lowest BCUT2D eigenvalue weighted by Crippen LogP contribution is -2.08. The van der Waals surface area contributed by atoms with Crippen LogP contribution < -0.4 is 5.32 Å². The summed E-state index contributed by atoms with van der Waals surface area (Å²) in [7, 11) is 0. The average Bonchev–Trinajstić information content (AvgIpc) is 2.48. The van der Waals surface area contributed by atoms with Crippen molar-refractivity contribution in [1.82, 2.24) is 4.98 Å². The molecule has 1 aliphatic carbocycles. The van der Waals surface area contributed by atoms with Gasteiger partial charge in [-0.2, -0.15) is 0 Å². The van der Waals surface area contributed by atoms with Gasteiger partial charge in [0.05, 0.1) is 5.56 Å². The second-order valence-electron chi connectivity index (χ2n) is 5.18. The van der Waals surface area contributed by atoms with E-state index in [0.29, 0.717) is 11.4 Å². The SMILES string of the molecule is CCc1cc(C(=O)O)cc(NCCC2=CCCCC2)n1. The Bertz CT molecular complexity index is 509. The molecule has 0 fully saturated rings. The molecule has 0 saturated heterocycles. The largest absolute Gasteiger partial charge is 0.478 e. The first-order valence-corrected chi connectivity index (χ1v) is 7.35. The molecule has 0 amide bonds.